The maximum Gasteiger partial charge on any atom is 0.238 e. The number of nitrogens with zero attached hydrogens (tertiary/aromatic N) is 1. The molecule has 2 amide bonds. The fourth-order valence-corrected chi connectivity index (χ4v) is 2.85. The molecule has 4 heteroatoms. The Morgan fingerprint density at radius 1 is 1.06 bits per heavy atom. The first kappa shape index (κ1) is 11.5. The molecule has 2 atom stereocenters. The molecule has 0 bridgehead atoms. The summed E-state index contributed by atoms with van der Waals surface area (Å²) in [7, 11) is 0. The second-order valence-electron chi connectivity index (χ2n) is 4.65. The number of carbonyl (C=O) groups is 2. The summed E-state index contributed by atoms with van der Waals surface area (Å²) in [5.74, 6) is -0.587. The van der Waals surface area contributed by atoms with Gasteiger partial charge in [0, 0.05) is 5.02 Å². The molecule has 1 aliphatic carbocycles. The van der Waals surface area contributed by atoms with Crippen LogP contribution >= 0.6 is 11.6 Å². The van der Waals surface area contributed by atoms with Crippen LogP contribution in [0.4, 0.5) is 5.69 Å². The summed E-state index contributed by atoms with van der Waals surface area (Å²) in [4.78, 5) is 25.9. The van der Waals surface area contributed by atoms with E-state index in [-0.39, 0.29) is 23.7 Å². The van der Waals surface area contributed by atoms with Crippen molar-refractivity contribution in [1.82, 2.24) is 0 Å². The highest BCUT2D eigenvalue weighted by Crippen LogP contribution is 2.37. The van der Waals surface area contributed by atoms with Crippen molar-refractivity contribution in [2.24, 2.45) is 11.8 Å². The zero-order valence-electron chi connectivity index (χ0n) is 9.67. The van der Waals surface area contributed by atoms with Crippen LogP contribution in [0, 0.1) is 11.8 Å². The van der Waals surface area contributed by atoms with Crippen molar-refractivity contribution in [3.63, 3.8) is 0 Å². The van der Waals surface area contributed by atoms with Crippen LogP contribution in [0.5, 0.6) is 0 Å². The van der Waals surface area contributed by atoms with Gasteiger partial charge in [-0.1, -0.05) is 29.8 Å². The third-order valence-corrected chi connectivity index (χ3v) is 3.81. The van der Waals surface area contributed by atoms with E-state index >= 15 is 0 Å². The van der Waals surface area contributed by atoms with Gasteiger partial charge in [-0.2, -0.15) is 0 Å². The van der Waals surface area contributed by atoms with Gasteiger partial charge >= 0.3 is 0 Å². The first-order chi connectivity index (χ1) is 8.68. The molecular weight excluding hydrogens is 250 g/mol. The quantitative estimate of drug-likeness (QED) is 0.576. The van der Waals surface area contributed by atoms with Crippen molar-refractivity contribution in [2.75, 3.05) is 4.90 Å². The lowest BCUT2D eigenvalue weighted by atomic mass is 9.85. The van der Waals surface area contributed by atoms with E-state index in [1.165, 1.54) is 4.90 Å². The molecule has 1 heterocycles. The van der Waals surface area contributed by atoms with E-state index in [1.807, 2.05) is 12.2 Å². The minimum atomic E-state index is -0.193. The number of rotatable bonds is 1. The molecule has 1 fully saturated rings. The zero-order chi connectivity index (χ0) is 12.7. The lowest BCUT2D eigenvalue weighted by Gasteiger charge is -2.14. The summed E-state index contributed by atoms with van der Waals surface area (Å²) in [6, 6.07) is 6.87. The van der Waals surface area contributed by atoms with E-state index < -0.39 is 0 Å². The minimum Gasteiger partial charge on any atom is -0.274 e. The van der Waals surface area contributed by atoms with Crippen molar-refractivity contribution in [2.45, 2.75) is 12.8 Å². The van der Waals surface area contributed by atoms with Gasteiger partial charge in [0.25, 0.3) is 0 Å². The van der Waals surface area contributed by atoms with Gasteiger partial charge in [-0.25, -0.2) is 4.90 Å². The monoisotopic (exact) mass is 261 g/mol. The number of allylic oxidation sites excluding steroid dienone is 2. The minimum absolute atomic E-state index is 0.100. The molecule has 1 aliphatic heterocycles. The molecule has 0 aromatic heterocycles. The van der Waals surface area contributed by atoms with E-state index in [0.29, 0.717) is 23.6 Å². The Bertz CT molecular complexity index is 526. The number of halogens is 1. The molecule has 18 heavy (non-hydrogen) atoms. The predicted molar refractivity (Wildman–Crippen MR) is 69.3 cm³/mol. The van der Waals surface area contributed by atoms with Crippen molar-refractivity contribution in [3.8, 4) is 0 Å². The third-order valence-electron chi connectivity index (χ3n) is 3.57. The van der Waals surface area contributed by atoms with Crippen LogP contribution in [0.15, 0.2) is 36.4 Å². The molecule has 92 valence electrons. The smallest absolute Gasteiger partial charge is 0.238 e. The molecule has 1 aromatic carbocycles. The predicted octanol–water partition coefficient (Wildman–Crippen LogP) is 2.80. The Hall–Kier alpha value is -1.61. The fraction of sp³-hybridized carbons (Fsp3) is 0.286. The van der Waals surface area contributed by atoms with Gasteiger partial charge in [-0.05, 0) is 31.0 Å². The summed E-state index contributed by atoms with van der Waals surface area (Å²) >= 11 is 5.91. The van der Waals surface area contributed by atoms with Gasteiger partial charge < -0.3 is 0 Å². The lowest BCUT2D eigenvalue weighted by molar-refractivity contribution is -0.122. The molecule has 3 nitrogen and oxygen atoms in total. The summed E-state index contributed by atoms with van der Waals surface area (Å²) in [5.41, 5.74) is 0.576. The summed E-state index contributed by atoms with van der Waals surface area (Å²) < 4.78 is 0. The highest BCUT2D eigenvalue weighted by atomic mass is 35.5. The van der Waals surface area contributed by atoms with Crippen molar-refractivity contribution in [3.05, 3.63) is 41.4 Å². The number of carbonyl (C=O) groups excluding carboxylic acids is 2. The number of anilines is 1. The maximum absolute atomic E-state index is 12.3. The Morgan fingerprint density at radius 2 is 1.67 bits per heavy atom. The van der Waals surface area contributed by atoms with Crippen LogP contribution in [-0.2, 0) is 9.59 Å². The van der Waals surface area contributed by atoms with Crippen LogP contribution in [0.2, 0.25) is 5.02 Å². The van der Waals surface area contributed by atoms with E-state index in [0.717, 1.165) is 0 Å². The number of amides is 2. The second kappa shape index (κ2) is 4.25. The van der Waals surface area contributed by atoms with Gasteiger partial charge in [0.05, 0.1) is 17.5 Å². The van der Waals surface area contributed by atoms with Gasteiger partial charge in [-0.3, -0.25) is 9.59 Å². The van der Waals surface area contributed by atoms with Crippen LogP contribution in [0.25, 0.3) is 0 Å². The Labute approximate surface area is 110 Å². The largest absolute Gasteiger partial charge is 0.274 e. The number of fused-ring (bicyclic) bond motifs is 1. The van der Waals surface area contributed by atoms with Crippen LogP contribution < -0.4 is 4.90 Å². The molecule has 2 aliphatic rings. The van der Waals surface area contributed by atoms with E-state index in [2.05, 4.69) is 0 Å². The highest BCUT2D eigenvalue weighted by Gasteiger charge is 2.47. The molecule has 0 spiro atoms. The van der Waals surface area contributed by atoms with Gasteiger partial charge in [0.1, 0.15) is 0 Å². The van der Waals surface area contributed by atoms with Crippen molar-refractivity contribution >= 4 is 29.1 Å². The second-order valence-corrected chi connectivity index (χ2v) is 5.08. The zero-order valence-corrected chi connectivity index (χ0v) is 10.4. The summed E-state index contributed by atoms with van der Waals surface area (Å²) in [5, 5.41) is 0.529. The van der Waals surface area contributed by atoms with Gasteiger partial charge in [0.2, 0.25) is 11.8 Å². The molecule has 1 aromatic rings. The molecule has 0 N–H and O–H groups in total. The molecule has 1 saturated heterocycles. The molecule has 0 radical (unpaired) electrons. The first-order valence-electron chi connectivity index (χ1n) is 5.97. The average molecular weight is 262 g/mol. The number of imide groups is 1. The van der Waals surface area contributed by atoms with Crippen molar-refractivity contribution < 1.29 is 9.59 Å². The van der Waals surface area contributed by atoms with E-state index in [1.54, 1.807) is 24.3 Å². The van der Waals surface area contributed by atoms with Gasteiger partial charge in [-0.15, -0.1) is 0 Å². The highest BCUT2D eigenvalue weighted by molar-refractivity contribution is 6.31. The van der Waals surface area contributed by atoms with Crippen LogP contribution in [0.3, 0.4) is 0 Å². The van der Waals surface area contributed by atoms with E-state index in [4.69, 9.17) is 11.6 Å². The van der Waals surface area contributed by atoms with Crippen LogP contribution in [-0.4, -0.2) is 11.8 Å². The standard InChI is InChI=1S/C14H12ClNO2/c15-9-4-3-5-10(8-9)16-13(17)11-6-1-2-7-12(11)14(16)18/h1-5,8,11-12H,6-7H2/t11-,12-/m1/s1. The Balaban J connectivity index is 1.99. The topological polar surface area (TPSA) is 37.4 Å². The van der Waals surface area contributed by atoms with Gasteiger partial charge in [0.15, 0.2) is 0 Å². The number of hydrogen-bond donors (Lipinski definition) is 0. The lowest BCUT2D eigenvalue weighted by Crippen LogP contribution is -2.30. The summed E-state index contributed by atoms with van der Waals surface area (Å²) in [6.45, 7) is 0. The van der Waals surface area contributed by atoms with Crippen LogP contribution in [0.1, 0.15) is 12.8 Å². The maximum atomic E-state index is 12.3. The average Bonchev–Trinajstić information content (AvgIpc) is 2.63. The normalized spacial score (nSPS) is 26.6. The summed E-state index contributed by atoms with van der Waals surface area (Å²) in [6.07, 6.45) is 5.28. The molecule has 0 saturated carbocycles. The Morgan fingerprint density at radius 3 is 2.22 bits per heavy atom. The van der Waals surface area contributed by atoms with E-state index in [9.17, 15) is 9.59 Å². The molecule has 0 unspecified atom stereocenters. The first-order valence-corrected chi connectivity index (χ1v) is 6.34. The Kier molecular flexibility index (Phi) is 2.71. The number of benzene rings is 1. The van der Waals surface area contributed by atoms with Crippen molar-refractivity contribution in [1.29, 1.82) is 0 Å². The number of hydrogen-bond acceptors (Lipinski definition) is 2. The molecular formula is C14H12ClNO2. The fourth-order valence-electron chi connectivity index (χ4n) is 2.67. The SMILES string of the molecule is O=C1[C@@H]2CC=CC[C@H]2C(=O)N1c1cccc(Cl)c1. The third kappa shape index (κ3) is 1.66. The molecule has 3 rings (SSSR count).